The van der Waals surface area contributed by atoms with E-state index >= 15 is 0 Å². The van der Waals surface area contributed by atoms with E-state index in [9.17, 15) is 9.59 Å². The quantitative estimate of drug-likeness (QED) is 0.510. The first-order chi connectivity index (χ1) is 12.6. The number of nitrogens with one attached hydrogen (secondary N) is 1. The first-order valence-electron chi connectivity index (χ1n) is 8.46. The summed E-state index contributed by atoms with van der Waals surface area (Å²) in [6.45, 7) is 6.62. The number of carbonyl (C=O) groups excluding carboxylic acids is 2. The smallest absolute Gasteiger partial charge is 0.254 e. The summed E-state index contributed by atoms with van der Waals surface area (Å²) in [6.07, 6.45) is 5.26. The van der Waals surface area contributed by atoms with Crippen LogP contribution in [0.4, 0.5) is 5.13 Å². The Balaban J connectivity index is 1.98. The minimum Gasteiger partial charge on any atom is -0.494 e. The number of carbonyl (C=O) groups is 2. The van der Waals surface area contributed by atoms with Crippen LogP contribution in [-0.4, -0.2) is 41.4 Å². The van der Waals surface area contributed by atoms with Crippen molar-refractivity contribution < 1.29 is 14.3 Å². The number of benzene rings is 1. The molecule has 138 valence electrons. The van der Waals surface area contributed by atoms with Crippen molar-refractivity contribution in [1.82, 2.24) is 9.88 Å². The first kappa shape index (κ1) is 19.7. The van der Waals surface area contributed by atoms with Crippen LogP contribution < -0.4 is 10.1 Å². The Morgan fingerprint density at radius 2 is 2.12 bits per heavy atom. The van der Waals surface area contributed by atoms with E-state index in [4.69, 9.17) is 4.74 Å². The molecule has 2 amide bonds. The molecule has 1 N–H and O–H groups in total. The Morgan fingerprint density at radius 3 is 2.73 bits per heavy atom. The summed E-state index contributed by atoms with van der Waals surface area (Å²) in [5, 5.41) is 4.95. The molecular weight excluding hydrogens is 350 g/mol. The van der Waals surface area contributed by atoms with Crippen LogP contribution in [0.5, 0.6) is 5.75 Å². The van der Waals surface area contributed by atoms with Gasteiger partial charge in [-0.2, -0.15) is 0 Å². The molecule has 0 fully saturated rings. The predicted octanol–water partition coefficient (Wildman–Crippen LogP) is 3.59. The van der Waals surface area contributed by atoms with Crippen molar-refractivity contribution in [3.05, 3.63) is 54.1 Å². The number of rotatable bonds is 10. The fourth-order valence-electron chi connectivity index (χ4n) is 2.20. The molecular formula is C19H23N3O3S. The van der Waals surface area contributed by atoms with E-state index in [1.165, 1.54) is 16.2 Å². The summed E-state index contributed by atoms with van der Waals surface area (Å²) in [7, 11) is 0. The molecule has 0 aliphatic carbocycles. The lowest BCUT2D eigenvalue weighted by atomic mass is 10.2. The maximum absolute atomic E-state index is 12.7. The number of anilines is 1. The zero-order chi connectivity index (χ0) is 18.8. The largest absolute Gasteiger partial charge is 0.494 e. The lowest BCUT2D eigenvalue weighted by Gasteiger charge is -2.20. The zero-order valence-corrected chi connectivity index (χ0v) is 15.6. The number of nitrogens with zero attached hydrogens (tertiary/aromatic N) is 2. The average molecular weight is 373 g/mol. The van der Waals surface area contributed by atoms with Gasteiger partial charge in [0.25, 0.3) is 5.91 Å². The fourth-order valence-corrected chi connectivity index (χ4v) is 2.75. The molecule has 0 bridgehead atoms. The summed E-state index contributed by atoms with van der Waals surface area (Å²) in [5.74, 6) is 0.195. The molecule has 0 aliphatic rings. The molecule has 0 saturated heterocycles. The highest BCUT2D eigenvalue weighted by atomic mass is 32.1. The van der Waals surface area contributed by atoms with Crippen LogP contribution in [-0.2, 0) is 4.79 Å². The van der Waals surface area contributed by atoms with Crippen molar-refractivity contribution in [3.8, 4) is 5.75 Å². The molecule has 0 atom stereocenters. The molecule has 7 heteroatoms. The van der Waals surface area contributed by atoms with E-state index in [-0.39, 0.29) is 24.9 Å². The first-order valence-corrected chi connectivity index (χ1v) is 9.34. The number of amides is 2. The molecule has 2 aromatic rings. The number of hydrogen-bond acceptors (Lipinski definition) is 5. The monoisotopic (exact) mass is 373 g/mol. The van der Waals surface area contributed by atoms with Crippen LogP contribution in [0.3, 0.4) is 0 Å². The lowest BCUT2D eigenvalue weighted by molar-refractivity contribution is -0.116. The third-order valence-corrected chi connectivity index (χ3v) is 4.21. The molecule has 26 heavy (non-hydrogen) atoms. The van der Waals surface area contributed by atoms with Crippen LogP contribution in [0.2, 0.25) is 0 Å². The number of ether oxygens (including phenoxy) is 1. The van der Waals surface area contributed by atoms with Gasteiger partial charge >= 0.3 is 0 Å². The van der Waals surface area contributed by atoms with Crippen molar-refractivity contribution in [2.75, 3.05) is 25.0 Å². The van der Waals surface area contributed by atoms with Crippen LogP contribution in [0, 0.1) is 0 Å². The van der Waals surface area contributed by atoms with E-state index in [0.717, 1.165) is 18.6 Å². The van der Waals surface area contributed by atoms with Crippen molar-refractivity contribution in [2.45, 2.75) is 19.8 Å². The summed E-state index contributed by atoms with van der Waals surface area (Å²) in [5.41, 5.74) is 0.497. The average Bonchev–Trinajstić information content (AvgIpc) is 3.14. The Labute approximate surface area is 157 Å². The van der Waals surface area contributed by atoms with Crippen LogP contribution in [0.25, 0.3) is 0 Å². The van der Waals surface area contributed by atoms with Gasteiger partial charge in [0.05, 0.1) is 6.61 Å². The Bertz CT molecular complexity index is 714. The van der Waals surface area contributed by atoms with Gasteiger partial charge in [-0.15, -0.1) is 17.9 Å². The molecule has 0 aliphatic heterocycles. The predicted molar refractivity (Wildman–Crippen MR) is 104 cm³/mol. The number of thiazole rings is 1. The topological polar surface area (TPSA) is 71.5 Å². The molecule has 0 unspecified atom stereocenters. The fraction of sp³-hybridized carbons (Fsp3) is 0.316. The number of aromatic nitrogens is 1. The van der Waals surface area contributed by atoms with Gasteiger partial charge in [-0.25, -0.2) is 4.98 Å². The molecule has 2 rings (SSSR count). The molecule has 1 aromatic carbocycles. The number of unbranched alkanes of at least 4 members (excludes halogenated alkanes) is 1. The van der Waals surface area contributed by atoms with Gasteiger partial charge in [0.15, 0.2) is 5.13 Å². The minimum atomic E-state index is -0.297. The van der Waals surface area contributed by atoms with Crippen LogP contribution >= 0.6 is 11.3 Å². The van der Waals surface area contributed by atoms with E-state index in [1.807, 2.05) is 0 Å². The maximum Gasteiger partial charge on any atom is 0.254 e. The summed E-state index contributed by atoms with van der Waals surface area (Å²) in [6, 6.07) is 6.95. The van der Waals surface area contributed by atoms with Crippen molar-refractivity contribution in [3.63, 3.8) is 0 Å². The highest BCUT2D eigenvalue weighted by Gasteiger charge is 2.18. The highest BCUT2D eigenvalue weighted by Crippen LogP contribution is 2.15. The van der Waals surface area contributed by atoms with Gasteiger partial charge < -0.3 is 15.0 Å². The molecule has 0 radical (unpaired) electrons. The van der Waals surface area contributed by atoms with Crippen LogP contribution in [0.1, 0.15) is 30.1 Å². The Morgan fingerprint density at radius 1 is 1.35 bits per heavy atom. The SMILES string of the molecule is C=CCN(CC(=O)Nc1nccs1)C(=O)c1ccc(OCCCC)cc1. The van der Waals surface area contributed by atoms with Crippen molar-refractivity contribution in [2.24, 2.45) is 0 Å². The third kappa shape index (κ3) is 6.00. The molecule has 0 spiro atoms. The van der Waals surface area contributed by atoms with Gasteiger partial charge in [-0.1, -0.05) is 19.4 Å². The van der Waals surface area contributed by atoms with Gasteiger partial charge in [-0.05, 0) is 30.7 Å². The third-order valence-electron chi connectivity index (χ3n) is 3.52. The van der Waals surface area contributed by atoms with Gasteiger partial charge in [0.1, 0.15) is 12.3 Å². The van der Waals surface area contributed by atoms with Crippen molar-refractivity contribution >= 4 is 28.3 Å². The molecule has 1 aromatic heterocycles. The maximum atomic E-state index is 12.7. The van der Waals surface area contributed by atoms with Gasteiger partial charge in [-0.3, -0.25) is 9.59 Å². The van der Waals surface area contributed by atoms with E-state index in [0.29, 0.717) is 17.3 Å². The zero-order valence-electron chi connectivity index (χ0n) is 14.8. The highest BCUT2D eigenvalue weighted by molar-refractivity contribution is 7.13. The van der Waals surface area contributed by atoms with Crippen molar-refractivity contribution in [1.29, 1.82) is 0 Å². The Hall–Kier alpha value is -2.67. The number of hydrogen-bond donors (Lipinski definition) is 1. The minimum absolute atomic E-state index is 0.0703. The second-order valence-electron chi connectivity index (χ2n) is 5.59. The van der Waals surface area contributed by atoms with E-state index < -0.39 is 0 Å². The van der Waals surface area contributed by atoms with E-state index in [2.05, 4.69) is 23.8 Å². The summed E-state index contributed by atoms with van der Waals surface area (Å²) in [4.78, 5) is 30.3. The molecule has 6 nitrogen and oxygen atoms in total. The molecule has 1 heterocycles. The lowest BCUT2D eigenvalue weighted by Crippen LogP contribution is -2.38. The summed E-state index contributed by atoms with van der Waals surface area (Å²) < 4.78 is 5.60. The van der Waals surface area contributed by atoms with Gasteiger partial charge in [0.2, 0.25) is 5.91 Å². The second kappa shape index (κ2) is 10.4. The normalized spacial score (nSPS) is 10.2. The van der Waals surface area contributed by atoms with E-state index in [1.54, 1.807) is 41.9 Å². The second-order valence-corrected chi connectivity index (χ2v) is 6.48. The standard InChI is InChI=1S/C19H23N3O3S/c1-3-5-12-25-16-8-6-15(7-9-16)18(24)22(11-4-2)14-17(23)21-19-20-10-13-26-19/h4,6-10,13H,2-3,5,11-12,14H2,1H3,(H,20,21,23). The molecule has 0 saturated carbocycles. The summed E-state index contributed by atoms with van der Waals surface area (Å²) >= 11 is 1.33. The van der Waals surface area contributed by atoms with Gasteiger partial charge in [0, 0.05) is 23.7 Å². The van der Waals surface area contributed by atoms with Crippen LogP contribution in [0.15, 0.2) is 48.5 Å². The Kier molecular flexibility index (Phi) is 7.82.